The van der Waals surface area contributed by atoms with E-state index in [1.807, 2.05) is 0 Å². The summed E-state index contributed by atoms with van der Waals surface area (Å²) in [7, 11) is 0. The molecule has 0 atom stereocenters. The fourth-order valence-corrected chi connectivity index (χ4v) is 2.93. The SMILES string of the molecule is O=C1NCCc2[nH]c(-c3ccnc(-c4ccccc4OC(F)(F)F)n3)cc21. The summed E-state index contributed by atoms with van der Waals surface area (Å²) in [6, 6.07) is 8.96. The maximum absolute atomic E-state index is 12.6. The van der Waals surface area contributed by atoms with Crippen molar-refractivity contribution in [3.05, 3.63) is 53.9 Å². The molecule has 138 valence electrons. The van der Waals surface area contributed by atoms with Crippen molar-refractivity contribution in [1.29, 1.82) is 0 Å². The lowest BCUT2D eigenvalue weighted by Gasteiger charge is -2.12. The quantitative estimate of drug-likeness (QED) is 0.737. The Kier molecular flexibility index (Phi) is 4.06. The molecular formula is C18H13F3N4O2. The second-order valence-corrected chi connectivity index (χ2v) is 5.89. The van der Waals surface area contributed by atoms with Crippen LogP contribution in [0.4, 0.5) is 13.2 Å². The monoisotopic (exact) mass is 374 g/mol. The van der Waals surface area contributed by atoms with Gasteiger partial charge >= 0.3 is 6.36 Å². The van der Waals surface area contributed by atoms with Gasteiger partial charge in [-0.25, -0.2) is 9.97 Å². The lowest BCUT2D eigenvalue weighted by atomic mass is 10.1. The molecular weight excluding hydrogens is 361 g/mol. The summed E-state index contributed by atoms with van der Waals surface area (Å²) in [6.45, 7) is 0.545. The number of halogens is 3. The molecule has 0 radical (unpaired) electrons. The molecule has 27 heavy (non-hydrogen) atoms. The van der Waals surface area contributed by atoms with Crippen LogP contribution in [0, 0.1) is 0 Å². The molecule has 1 aromatic carbocycles. The van der Waals surface area contributed by atoms with Gasteiger partial charge in [-0.3, -0.25) is 4.79 Å². The third-order valence-electron chi connectivity index (χ3n) is 4.09. The number of fused-ring (bicyclic) bond motifs is 1. The van der Waals surface area contributed by atoms with Crippen molar-refractivity contribution in [1.82, 2.24) is 20.3 Å². The Morgan fingerprint density at radius 2 is 1.93 bits per heavy atom. The number of ether oxygens (including phenoxy) is 1. The predicted octanol–water partition coefficient (Wildman–Crippen LogP) is 3.32. The molecule has 1 aliphatic rings. The first-order chi connectivity index (χ1) is 12.9. The van der Waals surface area contributed by atoms with Gasteiger partial charge in [0.05, 0.1) is 22.5 Å². The van der Waals surface area contributed by atoms with Crippen LogP contribution in [0.1, 0.15) is 16.1 Å². The average molecular weight is 374 g/mol. The van der Waals surface area contributed by atoms with Crippen LogP contribution < -0.4 is 10.1 Å². The number of rotatable bonds is 3. The van der Waals surface area contributed by atoms with E-state index in [0.29, 0.717) is 29.9 Å². The summed E-state index contributed by atoms with van der Waals surface area (Å²) in [5.41, 5.74) is 2.51. The number of benzene rings is 1. The van der Waals surface area contributed by atoms with E-state index in [1.165, 1.54) is 24.4 Å². The molecule has 0 unspecified atom stereocenters. The minimum atomic E-state index is -4.82. The molecule has 0 bridgehead atoms. The average Bonchev–Trinajstić information content (AvgIpc) is 3.07. The highest BCUT2D eigenvalue weighted by Gasteiger charge is 2.32. The van der Waals surface area contributed by atoms with Crippen LogP contribution in [0.25, 0.3) is 22.8 Å². The number of alkyl halides is 3. The Hall–Kier alpha value is -3.36. The number of para-hydroxylation sites is 1. The maximum atomic E-state index is 12.6. The van der Waals surface area contributed by atoms with Gasteiger partial charge in [0.1, 0.15) is 5.75 Å². The number of aromatic amines is 1. The van der Waals surface area contributed by atoms with Crippen molar-refractivity contribution in [2.45, 2.75) is 12.8 Å². The topological polar surface area (TPSA) is 79.9 Å². The number of hydrogen-bond donors (Lipinski definition) is 2. The van der Waals surface area contributed by atoms with Gasteiger partial charge in [-0.05, 0) is 24.3 Å². The molecule has 0 fully saturated rings. The molecule has 0 saturated heterocycles. The largest absolute Gasteiger partial charge is 0.573 e. The second-order valence-electron chi connectivity index (χ2n) is 5.89. The van der Waals surface area contributed by atoms with Gasteiger partial charge in [0.2, 0.25) is 0 Å². The van der Waals surface area contributed by atoms with E-state index in [-0.39, 0.29) is 23.0 Å². The number of amides is 1. The zero-order valence-electron chi connectivity index (χ0n) is 13.8. The van der Waals surface area contributed by atoms with Crippen LogP contribution in [0.15, 0.2) is 42.6 Å². The van der Waals surface area contributed by atoms with Crippen LogP contribution >= 0.6 is 0 Å². The van der Waals surface area contributed by atoms with E-state index in [2.05, 4.69) is 25.0 Å². The van der Waals surface area contributed by atoms with Gasteiger partial charge in [0, 0.05) is 24.9 Å². The summed E-state index contributed by atoms with van der Waals surface area (Å²) in [5, 5.41) is 2.75. The van der Waals surface area contributed by atoms with E-state index in [1.54, 1.807) is 18.2 Å². The first-order valence-corrected chi connectivity index (χ1v) is 8.09. The van der Waals surface area contributed by atoms with E-state index >= 15 is 0 Å². The normalized spacial score (nSPS) is 13.8. The standard InChI is InChI=1S/C18H13F3N4O2/c19-18(20,21)27-15-4-2-1-3-10(15)16-22-7-6-13(25-16)14-9-11-12(24-14)5-8-23-17(11)26/h1-4,6-7,9,24H,5,8H2,(H,23,26). The molecule has 9 heteroatoms. The molecule has 3 heterocycles. The first-order valence-electron chi connectivity index (χ1n) is 8.09. The zero-order chi connectivity index (χ0) is 19.0. The van der Waals surface area contributed by atoms with E-state index in [9.17, 15) is 18.0 Å². The molecule has 0 aliphatic carbocycles. The molecule has 0 saturated carbocycles. The summed E-state index contributed by atoms with van der Waals surface area (Å²) in [4.78, 5) is 23.5. The zero-order valence-corrected chi connectivity index (χ0v) is 13.8. The van der Waals surface area contributed by atoms with Crippen LogP contribution in [-0.4, -0.2) is 33.8 Å². The molecule has 2 N–H and O–H groups in total. The van der Waals surface area contributed by atoms with Gasteiger partial charge in [-0.2, -0.15) is 0 Å². The number of aromatic nitrogens is 3. The lowest BCUT2D eigenvalue weighted by molar-refractivity contribution is -0.274. The molecule has 1 aliphatic heterocycles. The van der Waals surface area contributed by atoms with Crippen molar-refractivity contribution in [3.63, 3.8) is 0 Å². The van der Waals surface area contributed by atoms with E-state index in [4.69, 9.17) is 0 Å². The summed E-state index contributed by atoms with van der Waals surface area (Å²) in [5.74, 6) is -0.464. The lowest BCUT2D eigenvalue weighted by Crippen LogP contribution is -2.31. The minimum Gasteiger partial charge on any atom is -0.405 e. The highest BCUT2D eigenvalue weighted by molar-refractivity contribution is 5.97. The highest BCUT2D eigenvalue weighted by Crippen LogP contribution is 2.32. The van der Waals surface area contributed by atoms with Gasteiger partial charge < -0.3 is 15.0 Å². The van der Waals surface area contributed by atoms with Gasteiger partial charge in [0.25, 0.3) is 5.91 Å². The molecule has 6 nitrogen and oxygen atoms in total. The maximum Gasteiger partial charge on any atom is 0.573 e. The van der Waals surface area contributed by atoms with Crippen molar-refractivity contribution in [2.75, 3.05) is 6.54 Å². The highest BCUT2D eigenvalue weighted by atomic mass is 19.4. The summed E-state index contributed by atoms with van der Waals surface area (Å²) >= 11 is 0. The van der Waals surface area contributed by atoms with Gasteiger partial charge in [0.15, 0.2) is 5.82 Å². The van der Waals surface area contributed by atoms with E-state index < -0.39 is 6.36 Å². The first kappa shape index (κ1) is 17.1. The molecule has 3 aromatic rings. The molecule has 0 spiro atoms. The Labute approximate surface area is 151 Å². The Morgan fingerprint density at radius 1 is 1.11 bits per heavy atom. The van der Waals surface area contributed by atoms with Gasteiger partial charge in [-0.15, -0.1) is 13.2 Å². The van der Waals surface area contributed by atoms with Crippen LogP contribution in [0.3, 0.4) is 0 Å². The van der Waals surface area contributed by atoms with Gasteiger partial charge in [-0.1, -0.05) is 12.1 Å². The summed E-state index contributed by atoms with van der Waals surface area (Å²) in [6.07, 6.45) is -2.71. The number of H-pyrrole nitrogens is 1. The smallest absolute Gasteiger partial charge is 0.405 e. The molecule has 2 aromatic heterocycles. The van der Waals surface area contributed by atoms with Crippen LogP contribution in [0.2, 0.25) is 0 Å². The Bertz CT molecular complexity index is 1010. The van der Waals surface area contributed by atoms with Crippen molar-refractivity contribution in [2.24, 2.45) is 0 Å². The fraction of sp³-hybridized carbons (Fsp3) is 0.167. The predicted molar refractivity (Wildman–Crippen MR) is 90.0 cm³/mol. The Balaban J connectivity index is 1.73. The fourth-order valence-electron chi connectivity index (χ4n) is 2.93. The van der Waals surface area contributed by atoms with Crippen molar-refractivity contribution >= 4 is 5.91 Å². The van der Waals surface area contributed by atoms with Crippen molar-refractivity contribution in [3.8, 4) is 28.5 Å². The van der Waals surface area contributed by atoms with Crippen molar-refractivity contribution < 1.29 is 22.7 Å². The number of carbonyl (C=O) groups is 1. The third-order valence-corrected chi connectivity index (χ3v) is 4.09. The molecule has 4 rings (SSSR count). The summed E-state index contributed by atoms with van der Waals surface area (Å²) < 4.78 is 42.0. The minimum absolute atomic E-state index is 0.0874. The molecule has 1 amide bonds. The second kappa shape index (κ2) is 6.42. The number of nitrogens with one attached hydrogen (secondary N) is 2. The number of hydrogen-bond acceptors (Lipinski definition) is 4. The number of nitrogens with zero attached hydrogens (tertiary/aromatic N) is 2. The number of carbonyl (C=O) groups excluding carboxylic acids is 1. The third kappa shape index (κ3) is 3.48. The Morgan fingerprint density at radius 3 is 2.70 bits per heavy atom. The van der Waals surface area contributed by atoms with Crippen LogP contribution in [0.5, 0.6) is 5.75 Å². The van der Waals surface area contributed by atoms with Crippen LogP contribution in [-0.2, 0) is 6.42 Å². The van der Waals surface area contributed by atoms with E-state index in [0.717, 1.165) is 5.69 Å².